The van der Waals surface area contributed by atoms with E-state index < -0.39 is 0 Å². The molecule has 0 bridgehead atoms. The van der Waals surface area contributed by atoms with E-state index in [1.165, 1.54) is 32.9 Å². The van der Waals surface area contributed by atoms with Crippen LogP contribution in [0.3, 0.4) is 0 Å². The minimum Gasteiger partial charge on any atom is -0.309 e. The van der Waals surface area contributed by atoms with Gasteiger partial charge in [-0.1, -0.05) is 47.7 Å². The smallest absolute Gasteiger partial charge is 0.0154 e. The molecule has 2 rings (SSSR count). The van der Waals surface area contributed by atoms with Crippen LogP contribution in [0.2, 0.25) is 0 Å². The van der Waals surface area contributed by atoms with Crippen molar-refractivity contribution in [1.29, 1.82) is 0 Å². The van der Waals surface area contributed by atoms with Crippen molar-refractivity contribution in [3.05, 3.63) is 59.2 Å². The van der Waals surface area contributed by atoms with E-state index in [0.29, 0.717) is 0 Å². The molecular formula is C19H25NS. The van der Waals surface area contributed by atoms with Crippen LogP contribution in [-0.2, 0) is 6.42 Å². The third kappa shape index (κ3) is 4.90. The maximum Gasteiger partial charge on any atom is 0.0154 e. The van der Waals surface area contributed by atoms with E-state index in [9.17, 15) is 0 Å². The van der Waals surface area contributed by atoms with Crippen molar-refractivity contribution >= 4 is 11.8 Å². The molecule has 21 heavy (non-hydrogen) atoms. The molecular weight excluding hydrogens is 274 g/mol. The van der Waals surface area contributed by atoms with E-state index in [4.69, 9.17) is 0 Å². The zero-order valence-electron chi connectivity index (χ0n) is 13.5. The fourth-order valence-corrected chi connectivity index (χ4v) is 3.47. The van der Waals surface area contributed by atoms with Gasteiger partial charge in [-0.15, -0.1) is 0 Å². The van der Waals surface area contributed by atoms with Gasteiger partial charge in [0, 0.05) is 9.79 Å². The molecule has 0 aliphatic carbocycles. The summed E-state index contributed by atoms with van der Waals surface area (Å²) in [5.74, 6) is 0. The van der Waals surface area contributed by atoms with Gasteiger partial charge in [-0.05, 0) is 70.6 Å². The van der Waals surface area contributed by atoms with Crippen LogP contribution in [0.1, 0.15) is 23.1 Å². The normalized spacial score (nSPS) is 11.1. The summed E-state index contributed by atoms with van der Waals surface area (Å²) < 4.78 is 0. The Kier molecular flexibility index (Phi) is 5.89. The molecule has 0 radical (unpaired) electrons. The molecule has 2 aromatic rings. The number of hydrogen-bond acceptors (Lipinski definition) is 2. The summed E-state index contributed by atoms with van der Waals surface area (Å²) in [6, 6.07) is 15.5. The highest BCUT2D eigenvalue weighted by Crippen LogP contribution is 2.33. The van der Waals surface area contributed by atoms with Crippen LogP contribution in [0, 0.1) is 13.8 Å². The molecule has 0 aliphatic heterocycles. The van der Waals surface area contributed by atoms with Crippen LogP contribution < -0.4 is 0 Å². The molecule has 0 N–H and O–H groups in total. The largest absolute Gasteiger partial charge is 0.309 e. The second kappa shape index (κ2) is 7.67. The molecule has 0 heterocycles. The van der Waals surface area contributed by atoms with E-state index >= 15 is 0 Å². The first-order chi connectivity index (χ1) is 10.1. The maximum atomic E-state index is 2.27. The van der Waals surface area contributed by atoms with Crippen LogP contribution >= 0.6 is 11.8 Å². The highest BCUT2D eigenvalue weighted by molar-refractivity contribution is 7.99. The second-order valence-corrected chi connectivity index (χ2v) is 6.97. The van der Waals surface area contributed by atoms with Crippen LogP contribution in [-0.4, -0.2) is 25.5 Å². The summed E-state index contributed by atoms with van der Waals surface area (Å²) in [6.07, 6.45) is 2.35. The third-order valence-electron chi connectivity index (χ3n) is 3.57. The lowest BCUT2D eigenvalue weighted by atomic mass is 10.1. The fraction of sp³-hybridized carbons (Fsp3) is 0.368. The van der Waals surface area contributed by atoms with Crippen molar-refractivity contribution in [2.24, 2.45) is 0 Å². The first-order valence-corrected chi connectivity index (χ1v) is 8.35. The average molecular weight is 299 g/mol. The van der Waals surface area contributed by atoms with Gasteiger partial charge in [-0.3, -0.25) is 0 Å². The van der Waals surface area contributed by atoms with E-state index in [1.807, 2.05) is 11.8 Å². The summed E-state index contributed by atoms with van der Waals surface area (Å²) in [6.45, 7) is 5.49. The molecule has 1 nitrogen and oxygen atoms in total. The first kappa shape index (κ1) is 16.1. The number of nitrogens with zero attached hydrogens (tertiary/aromatic N) is 1. The maximum absolute atomic E-state index is 2.27. The van der Waals surface area contributed by atoms with Crippen molar-refractivity contribution in [3.8, 4) is 0 Å². The molecule has 2 aromatic carbocycles. The first-order valence-electron chi connectivity index (χ1n) is 7.54. The lowest BCUT2D eigenvalue weighted by Crippen LogP contribution is -2.13. The third-order valence-corrected chi connectivity index (χ3v) is 4.87. The predicted molar refractivity (Wildman–Crippen MR) is 93.4 cm³/mol. The van der Waals surface area contributed by atoms with Gasteiger partial charge in [-0.2, -0.15) is 0 Å². The van der Waals surface area contributed by atoms with Gasteiger partial charge in [0.1, 0.15) is 0 Å². The summed E-state index contributed by atoms with van der Waals surface area (Å²) in [5.41, 5.74) is 4.16. The van der Waals surface area contributed by atoms with Crippen LogP contribution in [0.15, 0.2) is 52.3 Å². The summed E-state index contributed by atoms with van der Waals surface area (Å²) in [4.78, 5) is 5.00. The Hall–Kier alpha value is -1.25. The average Bonchev–Trinajstić information content (AvgIpc) is 2.43. The lowest BCUT2D eigenvalue weighted by Gasteiger charge is -2.13. The second-order valence-electron chi connectivity index (χ2n) is 5.89. The molecule has 0 atom stereocenters. The van der Waals surface area contributed by atoms with Gasteiger partial charge in [-0.25, -0.2) is 0 Å². The van der Waals surface area contributed by atoms with Gasteiger partial charge < -0.3 is 4.90 Å². The lowest BCUT2D eigenvalue weighted by molar-refractivity contribution is 0.400. The molecule has 2 heteroatoms. The van der Waals surface area contributed by atoms with E-state index in [0.717, 1.165) is 13.0 Å². The minimum absolute atomic E-state index is 1.14. The van der Waals surface area contributed by atoms with Crippen molar-refractivity contribution in [3.63, 3.8) is 0 Å². The minimum atomic E-state index is 1.14. The Labute approximate surface area is 133 Å². The standard InChI is InChI=1S/C19H25NS/c1-15-11-12-18(16(2)14-15)21-19-10-6-5-8-17(19)9-7-13-20(3)4/h5-6,8,10-12,14H,7,9,13H2,1-4H3. The van der Waals surface area contributed by atoms with Gasteiger partial charge in [0.25, 0.3) is 0 Å². The Morgan fingerprint density at radius 3 is 2.43 bits per heavy atom. The predicted octanol–water partition coefficient (Wildman–Crippen LogP) is 4.95. The van der Waals surface area contributed by atoms with Crippen LogP contribution in [0.25, 0.3) is 0 Å². The van der Waals surface area contributed by atoms with Crippen molar-refractivity contribution in [1.82, 2.24) is 4.90 Å². The Balaban J connectivity index is 2.12. The Bertz CT molecular complexity index is 590. The van der Waals surface area contributed by atoms with Crippen LogP contribution in [0.5, 0.6) is 0 Å². The summed E-state index contributed by atoms with van der Waals surface area (Å²) >= 11 is 1.89. The van der Waals surface area contributed by atoms with E-state index in [1.54, 1.807) is 0 Å². The molecule has 0 saturated carbocycles. The number of aryl methyl sites for hydroxylation is 3. The molecule has 0 unspecified atom stereocenters. The SMILES string of the molecule is Cc1ccc(Sc2ccccc2CCCN(C)C)c(C)c1. The topological polar surface area (TPSA) is 3.24 Å². The van der Waals surface area contributed by atoms with E-state index in [-0.39, 0.29) is 0 Å². The molecule has 0 saturated heterocycles. The molecule has 0 amide bonds. The molecule has 0 fully saturated rings. The quantitative estimate of drug-likeness (QED) is 0.742. The molecule has 0 aromatic heterocycles. The monoisotopic (exact) mass is 299 g/mol. The number of rotatable bonds is 6. The highest BCUT2D eigenvalue weighted by atomic mass is 32.2. The molecule has 112 valence electrons. The van der Waals surface area contributed by atoms with Gasteiger partial charge in [0.05, 0.1) is 0 Å². The molecule has 0 aliphatic rings. The van der Waals surface area contributed by atoms with Crippen molar-refractivity contribution in [2.45, 2.75) is 36.5 Å². The van der Waals surface area contributed by atoms with Crippen LogP contribution in [0.4, 0.5) is 0 Å². The highest BCUT2D eigenvalue weighted by Gasteiger charge is 2.06. The zero-order chi connectivity index (χ0) is 15.2. The van der Waals surface area contributed by atoms with Gasteiger partial charge in [0.2, 0.25) is 0 Å². The molecule has 0 spiro atoms. The van der Waals surface area contributed by atoms with Crippen molar-refractivity contribution < 1.29 is 0 Å². The van der Waals surface area contributed by atoms with E-state index in [2.05, 4.69) is 75.3 Å². The number of benzene rings is 2. The fourth-order valence-electron chi connectivity index (χ4n) is 2.43. The zero-order valence-corrected chi connectivity index (χ0v) is 14.3. The van der Waals surface area contributed by atoms with Gasteiger partial charge >= 0.3 is 0 Å². The Morgan fingerprint density at radius 1 is 0.952 bits per heavy atom. The summed E-state index contributed by atoms with van der Waals surface area (Å²) in [5, 5.41) is 0. The summed E-state index contributed by atoms with van der Waals surface area (Å²) in [7, 11) is 4.27. The van der Waals surface area contributed by atoms with Gasteiger partial charge in [0.15, 0.2) is 0 Å². The van der Waals surface area contributed by atoms with Crippen molar-refractivity contribution in [2.75, 3.05) is 20.6 Å². The Morgan fingerprint density at radius 2 is 1.71 bits per heavy atom. The number of hydrogen-bond donors (Lipinski definition) is 0.